The Hall–Kier alpha value is -1.66. The topological polar surface area (TPSA) is 64.8 Å². The number of carbonyl (C=O) groups excluding carboxylic acids is 1. The standard InChI is InChI=1S/C15H21FN2O3/c1-20-12-3-4-13(16)10(5-12)7-18-8-11(6-15(17)19)14(9-18)21-2/h3-5,11,14H,6-9H2,1-2H3,(H2,17,19)/t11-,14-/m0/s1. The number of rotatable bonds is 6. The SMILES string of the molecule is COc1ccc(F)c(CN2C[C@H](CC(N)=O)[C@@H](OC)C2)c1. The number of primary amides is 1. The van der Waals surface area contributed by atoms with Crippen molar-refractivity contribution in [2.45, 2.75) is 19.1 Å². The minimum Gasteiger partial charge on any atom is -0.497 e. The van der Waals surface area contributed by atoms with Gasteiger partial charge in [-0.15, -0.1) is 0 Å². The molecule has 0 saturated carbocycles. The molecule has 0 unspecified atom stereocenters. The fourth-order valence-corrected chi connectivity index (χ4v) is 2.82. The van der Waals surface area contributed by atoms with Crippen molar-refractivity contribution in [3.05, 3.63) is 29.6 Å². The summed E-state index contributed by atoms with van der Waals surface area (Å²) in [5.41, 5.74) is 5.83. The van der Waals surface area contributed by atoms with Gasteiger partial charge in [-0.3, -0.25) is 9.69 Å². The van der Waals surface area contributed by atoms with Crippen molar-refractivity contribution in [3.63, 3.8) is 0 Å². The Morgan fingerprint density at radius 2 is 2.19 bits per heavy atom. The fourth-order valence-electron chi connectivity index (χ4n) is 2.82. The third-order valence-electron chi connectivity index (χ3n) is 3.87. The van der Waals surface area contributed by atoms with Crippen molar-refractivity contribution in [3.8, 4) is 5.75 Å². The van der Waals surface area contributed by atoms with Crippen LogP contribution in [0.3, 0.4) is 0 Å². The van der Waals surface area contributed by atoms with Crippen LogP contribution >= 0.6 is 0 Å². The van der Waals surface area contributed by atoms with Gasteiger partial charge in [0.15, 0.2) is 0 Å². The van der Waals surface area contributed by atoms with E-state index in [4.69, 9.17) is 15.2 Å². The molecule has 6 heteroatoms. The van der Waals surface area contributed by atoms with Crippen molar-refractivity contribution in [2.24, 2.45) is 11.7 Å². The molecule has 2 N–H and O–H groups in total. The van der Waals surface area contributed by atoms with Gasteiger partial charge in [-0.05, 0) is 18.2 Å². The summed E-state index contributed by atoms with van der Waals surface area (Å²) in [6.07, 6.45) is 0.237. The highest BCUT2D eigenvalue weighted by molar-refractivity contribution is 5.74. The van der Waals surface area contributed by atoms with Crippen molar-refractivity contribution in [1.82, 2.24) is 4.90 Å². The highest BCUT2D eigenvalue weighted by atomic mass is 19.1. The van der Waals surface area contributed by atoms with Gasteiger partial charge in [-0.1, -0.05) is 0 Å². The molecular weight excluding hydrogens is 275 g/mol. The molecule has 0 aromatic heterocycles. The van der Waals surface area contributed by atoms with Crippen molar-refractivity contribution >= 4 is 5.91 Å². The van der Waals surface area contributed by atoms with E-state index in [9.17, 15) is 9.18 Å². The summed E-state index contributed by atoms with van der Waals surface area (Å²) < 4.78 is 24.4. The normalized spacial score (nSPS) is 22.4. The predicted octanol–water partition coefficient (Wildman–Crippen LogP) is 1.16. The molecule has 1 saturated heterocycles. The molecule has 1 fully saturated rings. The number of hydrogen-bond acceptors (Lipinski definition) is 4. The second-order valence-electron chi connectivity index (χ2n) is 5.36. The van der Waals surface area contributed by atoms with Crippen LogP contribution in [0.4, 0.5) is 4.39 Å². The summed E-state index contributed by atoms with van der Waals surface area (Å²) >= 11 is 0. The summed E-state index contributed by atoms with van der Waals surface area (Å²) in [7, 11) is 3.17. The quantitative estimate of drug-likeness (QED) is 0.855. The third-order valence-corrected chi connectivity index (χ3v) is 3.87. The number of nitrogens with zero attached hydrogens (tertiary/aromatic N) is 1. The van der Waals surface area contributed by atoms with E-state index >= 15 is 0 Å². The van der Waals surface area contributed by atoms with Crippen LogP contribution in [0.15, 0.2) is 18.2 Å². The van der Waals surface area contributed by atoms with Crippen LogP contribution in [0.2, 0.25) is 0 Å². The fraction of sp³-hybridized carbons (Fsp3) is 0.533. The molecule has 1 aliphatic heterocycles. The molecule has 1 aromatic rings. The number of halogens is 1. The van der Waals surface area contributed by atoms with Gasteiger partial charge in [0.05, 0.1) is 13.2 Å². The summed E-state index contributed by atoms with van der Waals surface area (Å²) in [5, 5.41) is 0. The van der Waals surface area contributed by atoms with Gasteiger partial charge in [0.25, 0.3) is 0 Å². The van der Waals surface area contributed by atoms with E-state index in [-0.39, 0.29) is 30.2 Å². The number of benzene rings is 1. The molecule has 0 radical (unpaired) electrons. The second kappa shape index (κ2) is 6.87. The number of methoxy groups -OCH3 is 2. The van der Waals surface area contributed by atoms with Crippen molar-refractivity contribution < 1.29 is 18.7 Å². The van der Waals surface area contributed by atoms with Gasteiger partial charge < -0.3 is 15.2 Å². The molecule has 5 nitrogen and oxygen atoms in total. The van der Waals surface area contributed by atoms with Crippen LogP contribution in [0.1, 0.15) is 12.0 Å². The molecule has 0 bridgehead atoms. The molecule has 1 aromatic carbocycles. The average Bonchev–Trinajstić information content (AvgIpc) is 2.82. The summed E-state index contributed by atoms with van der Waals surface area (Å²) in [5.74, 6) is 0.0864. The highest BCUT2D eigenvalue weighted by Gasteiger charge is 2.34. The van der Waals surface area contributed by atoms with Gasteiger partial charge >= 0.3 is 0 Å². The Bertz CT molecular complexity index is 510. The number of hydrogen-bond donors (Lipinski definition) is 1. The van der Waals surface area contributed by atoms with E-state index in [0.717, 1.165) is 0 Å². The van der Waals surface area contributed by atoms with E-state index in [1.807, 2.05) is 0 Å². The molecule has 2 rings (SSSR count). The molecule has 116 valence electrons. The van der Waals surface area contributed by atoms with Crippen molar-refractivity contribution in [2.75, 3.05) is 27.3 Å². The first kappa shape index (κ1) is 15.7. The number of ether oxygens (including phenoxy) is 2. The number of likely N-dealkylation sites (tertiary alicyclic amines) is 1. The number of nitrogens with two attached hydrogens (primary N) is 1. The van der Waals surface area contributed by atoms with Crippen LogP contribution in [0, 0.1) is 11.7 Å². The molecular formula is C15H21FN2O3. The summed E-state index contributed by atoms with van der Waals surface area (Å²) in [4.78, 5) is 13.2. The minimum absolute atomic E-state index is 0.0498. The molecule has 0 aliphatic carbocycles. The molecule has 1 heterocycles. The maximum Gasteiger partial charge on any atom is 0.217 e. The Morgan fingerprint density at radius 1 is 1.43 bits per heavy atom. The smallest absolute Gasteiger partial charge is 0.217 e. The predicted molar refractivity (Wildman–Crippen MR) is 76.3 cm³/mol. The van der Waals surface area contributed by atoms with Gasteiger partial charge in [-0.25, -0.2) is 4.39 Å². The van der Waals surface area contributed by atoms with Gasteiger partial charge in [-0.2, -0.15) is 0 Å². The molecule has 2 atom stereocenters. The zero-order valence-electron chi connectivity index (χ0n) is 12.3. The summed E-state index contributed by atoms with van der Waals surface area (Å²) in [6, 6.07) is 4.69. The summed E-state index contributed by atoms with van der Waals surface area (Å²) in [6.45, 7) is 1.78. The van der Waals surface area contributed by atoms with Crippen LogP contribution < -0.4 is 10.5 Å². The maximum atomic E-state index is 13.9. The van der Waals surface area contributed by atoms with E-state index in [1.54, 1.807) is 26.4 Å². The van der Waals surface area contributed by atoms with Crippen LogP contribution in [0.5, 0.6) is 5.75 Å². The number of amides is 1. The second-order valence-corrected chi connectivity index (χ2v) is 5.36. The van der Waals surface area contributed by atoms with Gasteiger partial charge in [0, 0.05) is 44.6 Å². The zero-order chi connectivity index (χ0) is 15.4. The van der Waals surface area contributed by atoms with E-state index in [0.29, 0.717) is 30.9 Å². The lowest BCUT2D eigenvalue weighted by Crippen LogP contribution is -2.26. The van der Waals surface area contributed by atoms with E-state index in [1.165, 1.54) is 6.07 Å². The van der Waals surface area contributed by atoms with E-state index in [2.05, 4.69) is 4.90 Å². The largest absolute Gasteiger partial charge is 0.497 e. The Labute approximate surface area is 123 Å². The lowest BCUT2D eigenvalue weighted by Gasteiger charge is -2.16. The minimum atomic E-state index is -0.337. The first-order valence-corrected chi connectivity index (χ1v) is 6.89. The molecule has 0 spiro atoms. The average molecular weight is 296 g/mol. The number of carbonyl (C=O) groups is 1. The van der Waals surface area contributed by atoms with E-state index < -0.39 is 0 Å². The van der Waals surface area contributed by atoms with Crippen LogP contribution in [-0.4, -0.2) is 44.2 Å². The van der Waals surface area contributed by atoms with Gasteiger partial charge in [0.2, 0.25) is 5.91 Å². The molecule has 1 aliphatic rings. The van der Waals surface area contributed by atoms with Crippen molar-refractivity contribution in [1.29, 1.82) is 0 Å². The first-order valence-electron chi connectivity index (χ1n) is 6.89. The Kier molecular flexibility index (Phi) is 5.14. The maximum absolute atomic E-state index is 13.9. The monoisotopic (exact) mass is 296 g/mol. The first-order chi connectivity index (χ1) is 10.0. The van der Waals surface area contributed by atoms with Gasteiger partial charge in [0.1, 0.15) is 11.6 Å². The molecule has 21 heavy (non-hydrogen) atoms. The Balaban J connectivity index is 2.05. The third kappa shape index (κ3) is 3.92. The Morgan fingerprint density at radius 3 is 2.81 bits per heavy atom. The lowest BCUT2D eigenvalue weighted by atomic mass is 10.0. The highest BCUT2D eigenvalue weighted by Crippen LogP contribution is 2.26. The lowest BCUT2D eigenvalue weighted by molar-refractivity contribution is -0.119. The van der Waals surface area contributed by atoms with Crippen LogP contribution in [-0.2, 0) is 16.1 Å². The zero-order valence-corrected chi connectivity index (χ0v) is 12.3. The molecule has 1 amide bonds. The van der Waals surface area contributed by atoms with Crippen LogP contribution in [0.25, 0.3) is 0 Å².